The van der Waals surface area contributed by atoms with E-state index in [1.165, 1.54) is 6.07 Å². The largest absolute Gasteiger partial charge is 0.449 e. The van der Waals surface area contributed by atoms with Crippen LogP contribution in [0.5, 0.6) is 0 Å². The Balaban J connectivity index is 1.32. The molecular formula is C32H33ClN2O6S. The van der Waals surface area contributed by atoms with Gasteiger partial charge in [0, 0.05) is 29.9 Å². The Kier molecular flexibility index (Phi) is 8.29. The summed E-state index contributed by atoms with van der Waals surface area (Å²) in [7, 11) is -3.42. The molecule has 0 aliphatic carbocycles. The average Bonchev–Trinajstić information content (AvgIpc) is 3.16. The number of carbonyl (C=O) groups excluding carboxylic acids is 3. The second-order valence-corrected chi connectivity index (χ2v) is 13.6. The zero-order valence-corrected chi connectivity index (χ0v) is 25.3. The Morgan fingerprint density at radius 2 is 1.83 bits per heavy atom. The van der Waals surface area contributed by atoms with Gasteiger partial charge < -0.3 is 10.1 Å². The van der Waals surface area contributed by atoms with E-state index in [-0.39, 0.29) is 29.7 Å². The zero-order chi connectivity index (χ0) is 30.2. The number of ether oxygens (including phenoxy) is 1. The third-order valence-electron chi connectivity index (χ3n) is 8.12. The summed E-state index contributed by atoms with van der Waals surface area (Å²) >= 11 is 6.65. The third kappa shape index (κ3) is 6.00. The maximum Gasteiger partial charge on any atom is 0.322 e. The summed E-state index contributed by atoms with van der Waals surface area (Å²) in [6.07, 6.45) is 2.13. The Bertz CT molecular complexity index is 1690. The minimum Gasteiger partial charge on any atom is -0.449 e. The lowest BCUT2D eigenvalue weighted by molar-refractivity contribution is -0.157. The van der Waals surface area contributed by atoms with E-state index in [1.54, 1.807) is 37.3 Å². The highest BCUT2D eigenvalue weighted by Crippen LogP contribution is 2.43. The molecule has 2 aliphatic heterocycles. The van der Waals surface area contributed by atoms with Gasteiger partial charge in [-0.15, -0.1) is 0 Å². The van der Waals surface area contributed by atoms with E-state index in [0.717, 1.165) is 17.4 Å². The van der Waals surface area contributed by atoms with Crippen LogP contribution in [0.3, 0.4) is 0 Å². The van der Waals surface area contributed by atoms with Crippen molar-refractivity contribution in [2.24, 2.45) is 0 Å². The molecule has 2 saturated heterocycles. The molecule has 1 amide bonds. The number of nitrogens with one attached hydrogen (secondary N) is 1. The molecule has 0 saturated carbocycles. The summed E-state index contributed by atoms with van der Waals surface area (Å²) in [4.78, 5) is 41.8. The van der Waals surface area contributed by atoms with Crippen LogP contribution in [0.1, 0.15) is 41.0 Å². The number of sulfone groups is 1. The summed E-state index contributed by atoms with van der Waals surface area (Å²) < 4.78 is 29.9. The molecule has 3 aromatic carbocycles. The highest BCUT2D eigenvalue weighted by molar-refractivity contribution is 7.90. The Labute approximate surface area is 250 Å². The molecular weight excluding hydrogens is 576 g/mol. The van der Waals surface area contributed by atoms with Gasteiger partial charge in [-0.25, -0.2) is 8.42 Å². The highest BCUT2D eigenvalue weighted by Gasteiger charge is 2.57. The lowest BCUT2D eigenvalue weighted by atomic mass is 9.81. The van der Waals surface area contributed by atoms with Crippen molar-refractivity contribution < 1.29 is 27.5 Å². The molecule has 220 valence electrons. The first-order valence-corrected chi connectivity index (χ1v) is 16.1. The molecule has 8 nitrogen and oxygen atoms in total. The maximum atomic E-state index is 13.9. The van der Waals surface area contributed by atoms with E-state index in [4.69, 9.17) is 16.3 Å². The summed E-state index contributed by atoms with van der Waals surface area (Å²) in [5, 5.41) is 3.23. The number of amides is 1. The first-order valence-electron chi connectivity index (χ1n) is 13.8. The summed E-state index contributed by atoms with van der Waals surface area (Å²) in [6, 6.07) is 17.7. The molecule has 0 radical (unpaired) electrons. The Morgan fingerprint density at radius 3 is 2.57 bits per heavy atom. The second kappa shape index (κ2) is 11.6. The quantitative estimate of drug-likeness (QED) is 0.313. The Morgan fingerprint density at radius 1 is 1.07 bits per heavy atom. The van der Waals surface area contributed by atoms with Crippen molar-refractivity contribution >= 4 is 39.1 Å². The number of aryl methyl sites for hydroxylation is 2. The lowest BCUT2D eigenvalue weighted by Gasteiger charge is -2.37. The summed E-state index contributed by atoms with van der Waals surface area (Å²) in [5.41, 5.74) is 3.13. The molecule has 2 fully saturated rings. The fraction of sp³-hybridized carbons (Fsp3) is 0.344. The van der Waals surface area contributed by atoms with Crippen LogP contribution in [0.15, 0.2) is 65.6 Å². The number of benzene rings is 3. The number of halogens is 1. The predicted molar refractivity (Wildman–Crippen MR) is 160 cm³/mol. The number of esters is 1. The van der Waals surface area contributed by atoms with E-state index in [0.29, 0.717) is 53.2 Å². The van der Waals surface area contributed by atoms with Crippen LogP contribution in [-0.2, 0) is 35.5 Å². The molecule has 5 rings (SSSR count). The number of piperidine rings is 1. The zero-order valence-electron chi connectivity index (χ0n) is 23.8. The maximum absolute atomic E-state index is 13.9. The van der Waals surface area contributed by atoms with Gasteiger partial charge in [-0.05, 0) is 85.3 Å². The molecule has 10 heteroatoms. The van der Waals surface area contributed by atoms with Gasteiger partial charge in [-0.3, -0.25) is 19.3 Å². The fourth-order valence-electron chi connectivity index (χ4n) is 5.85. The first-order chi connectivity index (χ1) is 19.9. The smallest absolute Gasteiger partial charge is 0.322 e. The summed E-state index contributed by atoms with van der Waals surface area (Å²) in [5.74, 6) is -2.25. The number of nitrogens with zero attached hydrogens (tertiary/aromatic N) is 1. The molecule has 0 aromatic heterocycles. The standard InChI is InChI=1S/C32H33ClN2O6S/c1-20-8-4-5-9-23(20)17-34-28(36)18-35-13-7-12-32(19-35)30(37)29(31(38)41-32)25-16-27(33)26(14-21(25)2)22-10-6-11-24(15-22)42(3,39)40/h4-6,8-11,14-16,29H,7,12-13,17-19H2,1-3H3,(H,34,36). The van der Waals surface area contributed by atoms with E-state index < -0.39 is 27.3 Å². The van der Waals surface area contributed by atoms with Crippen LogP contribution in [0.25, 0.3) is 11.1 Å². The average molecular weight is 609 g/mol. The molecule has 2 atom stereocenters. The first kappa shape index (κ1) is 29.9. The monoisotopic (exact) mass is 608 g/mol. The number of likely N-dealkylation sites (tertiary alicyclic amines) is 1. The summed E-state index contributed by atoms with van der Waals surface area (Å²) in [6.45, 7) is 5.04. The fourth-order valence-corrected chi connectivity index (χ4v) is 6.80. The van der Waals surface area contributed by atoms with Gasteiger partial charge >= 0.3 is 5.97 Å². The van der Waals surface area contributed by atoms with E-state index in [2.05, 4.69) is 5.32 Å². The molecule has 3 aromatic rings. The van der Waals surface area contributed by atoms with Crippen LogP contribution >= 0.6 is 11.6 Å². The SMILES string of the molecule is Cc1ccccc1CNC(=O)CN1CCCC2(C1)OC(=O)C(c1cc(Cl)c(-c3cccc(S(C)(=O)=O)c3)cc1C)C2=O. The predicted octanol–water partition coefficient (Wildman–Crippen LogP) is 4.39. The van der Waals surface area contributed by atoms with Crippen LogP contribution in [0.2, 0.25) is 5.02 Å². The van der Waals surface area contributed by atoms with Gasteiger partial charge in [0.1, 0.15) is 5.92 Å². The van der Waals surface area contributed by atoms with Crippen LogP contribution in [-0.4, -0.2) is 62.5 Å². The van der Waals surface area contributed by atoms with Crippen LogP contribution in [0.4, 0.5) is 0 Å². The van der Waals surface area contributed by atoms with Crippen molar-refractivity contribution in [3.8, 4) is 11.1 Å². The number of hydrogen-bond donors (Lipinski definition) is 1. The van der Waals surface area contributed by atoms with Gasteiger partial charge in [0.15, 0.2) is 21.2 Å². The van der Waals surface area contributed by atoms with E-state index in [1.807, 2.05) is 36.1 Å². The van der Waals surface area contributed by atoms with Crippen molar-refractivity contribution in [1.29, 1.82) is 0 Å². The van der Waals surface area contributed by atoms with Crippen molar-refractivity contribution in [2.45, 2.75) is 49.6 Å². The minimum atomic E-state index is -3.42. The molecule has 1 N–H and O–H groups in total. The van der Waals surface area contributed by atoms with Crippen molar-refractivity contribution in [3.05, 3.63) is 87.9 Å². The van der Waals surface area contributed by atoms with E-state index >= 15 is 0 Å². The van der Waals surface area contributed by atoms with Crippen LogP contribution < -0.4 is 5.32 Å². The number of hydrogen-bond acceptors (Lipinski definition) is 7. The van der Waals surface area contributed by atoms with Crippen molar-refractivity contribution in [3.63, 3.8) is 0 Å². The van der Waals surface area contributed by atoms with Gasteiger partial charge in [0.2, 0.25) is 5.91 Å². The van der Waals surface area contributed by atoms with Crippen LogP contribution in [0, 0.1) is 13.8 Å². The lowest BCUT2D eigenvalue weighted by Crippen LogP contribution is -2.54. The van der Waals surface area contributed by atoms with E-state index in [9.17, 15) is 22.8 Å². The minimum absolute atomic E-state index is 0.0925. The number of ketones is 1. The Hall–Kier alpha value is -3.53. The number of Topliss-reactive ketones (excluding diaryl/α,β-unsaturated/α-hetero) is 1. The molecule has 2 unspecified atom stereocenters. The molecule has 42 heavy (non-hydrogen) atoms. The van der Waals surface area contributed by atoms with Crippen molar-refractivity contribution in [1.82, 2.24) is 10.2 Å². The van der Waals surface area contributed by atoms with Crippen molar-refractivity contribution in [2.75, 3.05) is 25.9 Å². The van der Waals surface area contributed by atoms with Gasteiger partial charge in [-0.2, -0.15) is 0 Å². The highest BCUT2D eigenvalue weighted by atomic mass is 35.5. The third-order valence-corrected chi connectivity index (χ3v) is 9.54. The van der Waals surface area contributed by atoms with Gasteiger partial charge in [-0.1, -0.05) is 48.0 Å². The normalized spacial score (nSPS) is 21.0. The molecule has 2 aliphatic rings. The topological polar surface area (TPSA) is 110 Å². The molecule has 0 bridgehead atoms. The van der Waals surface area contributed by atoms with Gasteiger partial charge in [0.05, 0.1) is 11.4 Å². The molecule has 2 heterocycles. The molecule has 1 spiro atoms. The van der Waals surface area contributed by atoms with Gasteiger partial charge in [0.25, 0.3) is 0 Å². The second-order valence-electron chi connectivity index (χ2n) is 11.2. The number of rotatable bonds is 7. The number of carbonyl (C=O) groups is 3.